The smallest absolute Gasteiger partial charge is 0.213 e. The van der Waals surface area contributed by atoms with Gasteiger partial charge in [-0.3, -0.25) is 0 Å². The van der Waals surface area contributed by atoms with Crippen molar-refractivity contribution < 1.29 is 9.47 Å². The molecule has 2 aromatic heterocycles. The highest BCUT2D eigenvalue weighted by atomic mass is 35.5. The van der Waals surface area contributed by atoms with Crippen LogP contribution in [0.3, 0.4) is 0 Å². The van der Waals surface area contributed by atoms with Crippen molar-refractivity contribution in [1.29, 1.82) is 0 Å². The number of hydrogen-bond donors (Lipinski definition) is 1. The average Bonchev–Trinajstić information content (AvgIpc) is 3.02. The lowest BCUT2D eigenvalue weighted by molar-refractivity contribution is 0.144. The molecule has 1 unspecified atom stereocenters. The van der Waals surface area contributed by atoms with Crippen LogP contribution in [0, 0.1) is 0 Å². The average molecular weight is 325 g/mol. The van der Waals surface area contributed by atoms with Crippen molar-refractivity contribution in [3.63, 3.8) is 0 Å². The largest absolute Gasteiger partial charge is 0.475 e. The van der Waals surface area contributed by atoms with Gasteiger partial charge in [-0.25, -0.2) is 4.98 Å². The number of fused-ring (bicyclic) bond motifs is 1. The van der Waals surface area contributed by atoms with Gasteiger partial charge in [-0.1, -0.05) is 11.6 Å². The third kappa shape index (κ3) is 3.48. The van der Waals surface area contributed by atoms with Crippen LogP contribution in [0.25, 0.3) is 0 Å². The van der Waals surface area contributed by atoms with E-state index < -0.39 is 0 Å². The van der Waals surface area contributed by atoms with Gasteiger partial charge in [0.2, 0.25) is 5.88 Å². The molecular weight excluding hydrogens is 308 g/mol. The van der Waals surface area contributed by atoms with Crippen molar-refractivity contribution in [2.75, 3.05) is 25.6 Å². The van der Waals surface area contributed by atoms with E-state index in [-0.39, 0.29) is 0 Å². The molecule has 1 N–H and O–H groups in total. The summed E-state index contributed by atoms with van der Waals surface area (Å²) >= 11 is 7.76. The van der Waals surface area contributed by atoms with Crippen LogP contribution in [0.1, 0.15) is 22.9 Å². The SMILES string of the molecule is COCCOc1ccc(NC2CCc3sc(Cl)cc32)cn1. The number of thiophene rings is 1. The molecule has 6 heteroatoms. The monoisotopic (exact) mass is 324 g/mol. The Balaban J connectivity index is 1.61. The van der Waals surface area contributed by atoms with E-state index in [0.717, 1.165) is 22.9 Å². The Bertz CT molecular complexity index is 600. The fraction of sp³-hybridized carbons (Fsp3) is 0.400. The minimum atomic E-state index is 0.325. The maximum Gasteiger partial charge on any atom is 0.213 e. The Morgan fingerprint density at radius 2 is 2.33 bits per heavy atom. The van der Waals surface area contributed by atoms with E-state index in [9.17, 15) is 0 Å². The Kier molecular flexibility index (Phi) is 4.63. The molecule has 0 spiro atoms. The van der Waals surface area contributed by atoms with Gasteiger partial charge in [0, 0.05) is 18.1 Å². The Morgan fingerprint density at radius 1 is 1.43 bits per heavy atom. The Morgan fingerprint density at radius 3 is 3.10 bits per heavy atom. The summed E-state index contributed by atoms with van der Waals surface area (Å²) in [6, 6.07) is 6.25. The van der Waals surface area contributed by atoms with Gasteiger partial charge in [-0.2, -0.15) is 0 Å². The predicted molar refractivity (Wildman–Crippen MR) is 85.6 cm³/mol. The third-order valence-electron chi connectivity index (χ3n) is 3.46. The standard InChI is InChI=1S/C15H17ClN2O2S/c1-19-6-7-20-15-5-2-10(9-17-15)18-12-3-4-13-11(12)8-14(16)21-13/h2,5,8-9,12,18H,3-4,6-7H2,1H3. The second kappa shape index (κ2) is 6.64. The quantitative estimate of drug-likeness (QED) is 0.818. The molecule has 0 fully saturated rings. The van der Waals surface area contributed by atoms with Crippen molar-refractivity contribution in [2.45, 2.75) is 18.9 Å². The van der Waals surface area contributed by atoms with Crippen molar-refractivity contribution >= 4 is 28.6 Å². The molecule has 0 saturated carbocycles. The van der Waals surface area contributed by atoms with Crippen LogP contribution >= 0.6 is 22.9 Å². The van der Waals surface area contributed by atoms with Gasteiger partial charge in [0.15, 0.2) is 0 Å². The van der Waals surface area contributed by atoms with E-state index in [1.165, 1.54) is 10.4 Å². The second-order valence-electron chi connectivity index (χ2n) is 4.89. The van der Waals surface area contributed by atoms with Gasteiger partial charge >= 0.3 is 0 Å². The molecule has 1 aliphatic carbocycles. The lowest BCUT2D eigenvalue weighted by Crippen LogP contribution is -2.08. The highest BCUT2D eigenvalue weighted by Crippen LogP contribution is 2.40. The van der Waals surface area contributed by atoms with Crippen molar-refractivity contribution in [1.82, 2.24) is 4.98 Å². The molecule has 0 aromatic carbocycles. The number of halogens is 1. The number of pyridine rings is 1. The summed E-state index contributed by atoms with van der Waals surface area (Å²) in [6.45, 7) is 1.07. The summed E-state index contributed by atoms with van der Waals surface area (Å²) in [6.07, 6.45) is 3.99. The first-order valence-electron chi connectivity index (χ1n) is 6.88. The molecule has 0 bridgehead atoms. The minimum Gasteiger partial charge on any atom is -0.475 e. The molecular formula is C15H17ClN2O2S. The zero-order valence-corrected chi connectivity index (χ0v) is 13.3. The third-order valence-corrected chi connectivity index (χ3v) is 4.80. The summed E-state index contributed by atoms with van der Waals surface area (Å²) in [4.78, 5) is 5.68. The lowest BCUT2D eigenvalue weighted by atomic mass is 10.1. The first-order chi connectivity index (χ1) is 10.3. The number of anilines is 1. The maximum absolute atomic E-state index is 6.08. The Labute approximate surface area is 133 Å². The zero-order chi connectivity index (χ0) is 14.7. The molecule has 2 heterocycles. The molecule has 3 rings (SSSR count). The number of nitrogens with zero attached hydrogens (tertiary/aromatic N) is 1. The van der Waals surface area contributed by atoms with Crippen molar-refractivity contribution in [2.24, 2.45) is 0 Å². The summed E-state index contributed by atoms with van der Waals surface area (Å²) in [5.74, 6) is 0.614. The fourth-order valence-corrected chi connectivity index (χ4v) is 3.82. The van der Waals surface area contributed by atoms with Gasteiger partial charge in [0.05, 0.1) is 28.9 Å². The van der Waals surface area contributed by atoms with Crippen molar-refractivity contribution in [3.8, 4) is 5.88 Å². The van der Waals surface area contributed by atoms with Crippen LogP contribution in [0.15, 0.2) is 24.4 Å². The van der Waals surface area contributed by atoms with E-state index in [1.54, 1.807) is 24.6 Å². The highest BCUT2D eigenvalue weighted by molar-refractivity contribution is 7.16. The number of methoxy groups -OCH3 is 1. The Hall–Kier alpha value is -1.30. The molecule has 1 aliphatic rings. The number of aromatic nitrogens is 1. The van der Waals surface area contributed by atoms with E-state index in [4.69, 9.17) is 21.1 Å². The van der Waals surface area contributed by atoms with Crippen LogP contribution in [0.5, 0.6) is 5.88 Å². The van der Waals surface area contributed by atoms with Crippen LogP contribution in [-0.2, 0) is 11.2 Å². The number of aryl methyl sites for hydroxylation is 1. The normalized spacial score (nSPS) is 16.8. The molecule has 0 amide bonds. The molecule has 21 heavy (non-hydrogen) atoms. The molecule has 1 atom stereocenters. The van der Waals surface area contributed by atoms with Gasteiger partial charge in [-0.05, 0) is 30.5 Å². The number of rotatable bonds is 6. The van der Waals surface area contributed by atoms with Gasteiger partial charge in [0.25, 0.3) is 0 Å². The summed E-state index contributed by atoms with van der Waals surface area (Å²) in [5.41, 5.74) is 2.32. The first kappa shape index (κ1) is 14.6. The topological polar surface area (TPSA) is 43.4 Å². The molecule has 0 saturated heterocycles. The summed E-state index contributed by atoms with van der Waals surface area (Å²) in [5, 5.41) is 3.51. The zero-order valence-electron chi connectivity index (χ0n) is 11.8. The van der Waals surface area contributed by atoms with E-state index in [2.05, 4.69) is 16.4 Å². The van der Waals surface area contributed by atoms with E-state index in [0.29, 0.717) is 25.1 Å². The number of hydrogen-bond acceptors (Lipinski definition) is 5. The molecule has 4 nitrogen and oxygen atoms in total. The van der Waals surface area contributed by atoms with Crippen LogP contribution in [0.4, 0.5) is 5.69 Å². The first-order valence-corrected chi connectivity index (χ1v) is 8.08. The predicted octanol–water partition coefficient (Wildman–Crippen LogP) is 3.92. The fourth-order valence-electron chi connectivity index (χ4n) is 2.46. The molecule has 0 aliphatic heterocycles. The lowest BCUT2D eigenvalue weighted by Gasteiger charge is -2.14. The maximum atomic E-state index is 6.08. The molecule has 0 radical (unpaired) electrons. The summed E-state index contributed by atoms with van der Waals surface area (Å²) < 4.78 is 11.3. The van der Waals surface area contributed by atoms with E-state index in [1.807, 2.05) is 12.1 Å². The van der Waals surface area contributed by atoms with Crippen LogP contribution in [0.2, 0.25) is 4.34 Å². The highest BCUT2D eigenvalue weighted by Gasteiger charge is 2.24. The molecule has 112 valence electrons. The number of ether oxygens (including phenoxy) is 2. The van der Waals surface area contributed by atoms with Gasteiger partial charge in [-0.15, -0.1) is 11.3 Å². The minimum absolute atomic E-state index is 0.325. The second-order valence-corrected chi connectivity index (χ2v) is 6.66. The molecule has 2 aromatic rings. The van der Waals surface area contributed by atoms with Gasteiger partial charge < -0.3 is 14.8 Å². The van der Waals surface area contributed by atoms with Crippen LogP contribution < -0.4 is 10.1 Å². The van der Waals surface area contributed by atoms with Crippen molar-refractivity contribution in [3.05, 3.63) is 39.2 Å². The van der Waals surface area contributed by atoms with E-state index >= 15 is 0 Å². The number of nitrogens with one attached hydrogen (secondary N) is 1. The van der Waals surface area contributed by atoms with Gasteiger partial charge in [0.1, 0.15) is 6.61 Å². The summed E-state index contributed by atoms with van der Waals surface area (Å²) in [7, 11) is 1.65. The van der Waals surface area contributed by atoms with Crippen LogP contribution in [-0.4, -0.2) is 25.3 Å².